The van der Waals surface area contributed by atoms with E-state index in [9.17, 15) is 5.11 Å². The first kappa shape index (κ1) is 20.9. The van der Waals surface area contributed by atoms with E-state index in [4.69, 9.17) is 24.1 Å². The summed E-state index contributed by atoms with van der Waals surface area (Å²) in [5, 5.41) is 18.7. The third-order valence-corrected chi connectivity index (χ3v) is 4.26. The van der Waals surface area contributed by atoms with Crippen LogP contribution < -0.4 is 18.9 Å². The third kappa shape index (κ3) is 5.77. The lowest BCUT2D eigenvalue weighted by atomic mass is 10.1. The van der Waals surface area contributed by atoms with Gasteiger partial charge < -0.3 is 29.2 Å². The van der Waals surface area contributed by atoms with Crippen LogP contribution in [-0.4, -0.2) is 50.9 Å². The molecule has 0 aliphatic carbocycles. The number of ether oxygens (including phenoxy) is 4. The Hall–Kier alpha value is -2.44. The Morgan fingerprint density at radius 3 is 2.00 bits per heavy atom. The van der Waals surface area contributed by atoms with Crippen LogP contribution in [0.4, 0.5) is 0 Å². The standard InChI is InChI=1S/C21H28O6/c1-24-18-8-7-16(13-20(18)25-2)11-17(14-23)27-19-9-6-15(5-4-10-22)12-21(19)26-3/h6-9,12-13,17,22-23H,4-5,10-11,14H2,1-3H3/t17-/m0/s1. The lowest BCUT2D eigenvalue weighted by molar-refractivity contribution is 0.112. The van der Waals surface area contributed by atoms with Crippen molar-refractivity contribution in [1.82, 2.24) is 0 Å². The zero-order valence-electron chi connectivity index (χ0n) is 16.1. The summed E-state index contributed by atoms with van der Waals surface area (Å²) in [6.07, 6.45) is 1.54. The molecule has 0 fully saturated rings. The molecule has 148 valence electrons. The Bertz CT molecular complexity index is 716. The molecular formula is C21H28O6. The number of hydrogen-bond acceptors (Lipinski definition) is 6. The Kier molecular flexibility index (Phi) is 8.23. The van der Waals surface area contributed by atoms with Gasteiger partial charge in [0, 0.05) is 13.0 Å². The normalized spacial score (nSPS) is 11.7. The second-order valence-corrected chi connectivity index (χ2v) is 6.13. The maximum atomic E-state index is 9.76. The molecule has 0 amide bonds. The van der Waals surface area contributed by atoms with Crippen molar-refractivity contribution in [1.29, 1.82) is 0 Å². The Morgan fingerprint density at radius 2 is 1.37 bits per heavy atom. The van der Waals surface area contributed by atoms with Crippen molar-refractivity contribution in [3.05, 3.63) is 47.5 Å². The highest BCUT2D eigenvalue weighted by atomic mass is 16.5. The summed E-state index contributed by atoms with van der Waals surface area (Å²) in [5.74, 6) is 2.47. The lowest BCUT2D eigenvalue weighted by Gasteiger charge is -2.20. The van der Waals surface area contributed by atoms with E-state index in [-0.39, 0.29) is 13.2 Å². The van der Waals surface area contributed by atoms with Crippen LogP contribution in [0.3, 0.4) is 0 Å². The zero-order valence-corrected chi connectivity index (χ0v) is 16.1. The van der Waals surface area contributed by atoms with E-state index in [0.29, 0.717) is 35.8 Å². The average Bonchev–Trinajstić information content (AvgIpc) is 2.72. The monoisotopic (exact) mass is 376 g/mol. The number of benzene rings is 2. The Labute approximate surface area is 160 Å². The quantitative estimate of drug-likeness (QED) is 0.628. The minimum atomic E-state index is -0.430. The van der Waals surface area contributed by atoms with Gasteiger partial charge >= 0.3 is 0 Å². The smallest absolute Gasteiger partial charge is 0.161 e. The molecule has 0 saturated heterocycles. The van der Waals surface area contributed by atoms with Gasteiger partial charge in [-0.25, -0.2) is 0 Å². The average molecular weight is 376 g/mol. The first-order chi connectivity index (χ1) is 13.1. The molecule has 2 rings (SSSR count). The fraction of sp³-hybridized carbons (Fsp3) is 0.429. The van der Waals surface area contributed by atoms with Crippen molar-refractivity contribution in [3.63, 3.8) is 0 Å². The van der Waals surface area contributed by atoms with Gasteiger partial charge in [-0.05, 0) is 48.2 Å². The second-order valence-electron chi connectivity index (χ2n) is 6.13. The number of rotatable bonds is 11. The van der Waals surface area contributed by atoms with Gasteiger partial charge in [-0.15, -0.1) is 0 Å². The first-order valence-electron chi connectivity index (χ1n) is 8.91. The van der Waals surface area contributed by atoms with Gasteiger partial charge in [0.05, 0.1) is 27.9 Å². The molecule has 0 aliphatic heterocycles. The van der Waals surface area contributed by atoms with Crippen molar-refractivity contribution in [2.75, 3.05) is 34.5 Å². The second kappa shape index (κ2) is 10.6. The number of methoxy groups -OCH3 is 3. The van der Waals surface area contributed by atoms with Crippen LogP contribution in [-0.2, 0) is 12.8 Å². The minimum absolute atomic E-state index is 0.135. The van der Waals surface area contributed by atoms with Crippen LogP contribution in [0.25, 0.3) is 0 Å². The van der Waals surface area contributed by atoms with Gasteiger partial charge in [0.15, 0.2) is 23.0 Å². The van der Waals surface area contributed by atoms with Crippen LogP contribution in [0.2, 0.25) is 0 Å². The molecule has 6 heteroatoms. The largest absolute Gasteiger partial charge is 0.493 e. The van der Waals surface area contributed by atoms with E-state index in [1.807, 2.05) is 36.4 Å². The van der Waals surface area contributed by atoms with Gasteiger partial charge in [0.2, 0.25) is 0 Å². The molecule has 2 aromatic rings. The van der Waals surface area contributed by atoms with Crippen molar-refractivity contribution in [2.45, 2.75) is 25.4 Å². The fourth-order valence-electron chi connectivity index (χ4n) is 2.84. The van der Waals surface area contributed by atoms with Gasteiger partial charge in [-0.2, -0.15) is 0 Å². The van der Waals surface area contributed by atoms with Crippen LogP contribution >= 0.6 is 0 Å². The molecule has 0 aromatic heterocycles. The van der Waals surface area contributed by atoms with E-state index in [1.54, 1.807) is 21.3 Å². The van der Waals surface area contributed by atoms with E-state index < -0.39 is 6.10 Å². The molecular weight excluding hydrogens is 348 g/mol. The highest BCUT2D eigenvalue weighted by Crippen LogP contribution is 2.31. The summed E-state index contributed by atoms with van der Waals surface area (Å²) >= 11 is 0. The van der Waals surface area contributed by atoms with Crippen LogP contribution in [0.1, 0.15) is 17.5 Å². The SMILES string of the molecule is COc1ccc(C[C@@H](CO)Oc2ccc(CCCO)cc2OC)cc1OC. The Morgan fingerprint density at radius 1 is 0.778 bits per heavy atom. The summed E-state index contributed by atoms with van der Waals surface area (Å²) < 4.78 is 22.0. The van der Waals surface area contributed by atoms with Gasteiger partial charge in [-0.1, -0.05) is 12.1 Å². The van der Waals surface area contributed by atoms with E-state index in [0.717, 1.165) is 17.5 Å². The van der Waals surface area contributed by atoms with Gasteiger partial charge in [0.1, 0.15) is 6.10 Å². The molecule has 0 aliphatic rings. The predicted octanol–water partition coefficient (Wildman–Crippen LogP) is 2.62. The predicted molar refractivity (Wildman–Crippen MR) is 103 cm³/mol. The fourth-order valence-corrected chi connectivity index (χ4v) is 2.84. The Balaban J connectivity index is 2.12. The zero-order chi connectivity index (χ0) is 19.6. The number of aliphatic hydroxyl groups is 2. The van der Waals surface area contributed by atoms with Crippen LogP contribution in [0, 0.1) is 0 Å². The summed E-state index contributed by atoms with van der Waals surface area (Å²) in [7, 11) is 4.76. The molecule has 0 bridgehead atoms. The highest BCUT2D eigenvalue weighted by molar-refractivity contribution is 5.44. The summed E-state index contributed by atoms with van der Waals surface area (Å²) in [5.41, 5.74) is 2.03. The van der Waals surface area contributed by atoms with Gasteiger partial charge in [0.25, 0.3) is 0 Å². The molecule has 1 atom stereocenters. The highest BCUT2D eigenvalue weighted by Gasteiger charge is 2.15. The first-order valence-corrected chi connectivity index (χ1v) is 8.91. The van der Waals surface area contributed by atoms with Crippen molar-refractivity contribution < 1.29 is 29.2 Å². The topological polar surface area (TPSA) is 77.4 Å². The molecule has 2 aromatic carbocycles. The van der Waals surface area contributed by atoms with Crippen molar-refractivity contribution in [3.8, 4) is 23.0 Å². The molecule has 0 unspecified atom stereocenters. The van der Waals surface area contributed by atoms with Crippen LogP contribution in [0.5, 0.6) is 23.0 Å². The third-order valence-electron chi connectivity index (χ3n) is 4.26. The van der Waals surface area contributed by atoms with E-state index in [2.05, 4.69) is 0 Å². The lowest BCUT2D eigenvalue weighted by Crippen LogP contribution is -2.24. The van der Waals surface area contributed by atoms with Gasteiger partial charge in [-0.3, -0.25) is 0 Å². The molecule has 0 saturated carbocycles. The van der Waals surface area contributed by atoms with E-state index in [1.165, 1.54) is 0 Å². The molecule has 6 nitrogen and oxygen atoms in total. The molecule has 2 N–H and O–H groups in total. The molecule has 27 heavy (non-hydrogen) atoms. The van der Waals surface area contributed by atoms with Crippen LogP contribution in [0.15, 0.2) is 36.4 Å². The minimum Gasteiger partial charge on any atom is -0.493 e. The van der Waals surface area contributed by atoms with Crippen molar-refractivity contribution >= 4 is 0 Å². The van der Waals surface area contributed by atoms with E-state index >= 15 is 0 Å². The number of aliphatic hydroxyl groups excluding tert-OH is 2. The maximum Gasteiger partial charge on any atom is 0.161 e. The number of aryl methyl sites for hydroxylation is 1. The summed E-state index contributed by atoms with van der Waals surface area (Å²) in [6, 6.07) is 11.3. The molecule has 0 heterocycles. The maximum absolute atomic E-state index is 9.76. The summed E-state index contributed by atoms with van der Waals surface area (Å²) in [4.78, 5) is 0. The number of hydrogen-bond donors (Lipinski definition) is 2. The molecule has 0 radical (unpaired) electrons. The van der Waals surface area contributed by atoms with Crippen molar-refractivity contribution in [2.24, 2.45) is 0 Å². The summed E-state index contributed by atoms with van der Waals surface area (Å²) in [6.45, 7) is 0.0161. The molecule has 0 spiro atoms.